The molecule has 2 aromatic carbocycles. The summed E-state index contributed by atoms with van der Waals surface area (Å²) in [5.74, 6) is -0.561. The van der Waals surface area contributed by atoms with Gasteiger partial charge in [0.05, 0.1) is 5.56 Å². The molecule has 0 aliphatic carbocycles. The third kappa shape index (κ3) is 3.95. The average Bonchev–Trinajstić information content (AvgIpc) is 2.45. The van der Waals surface area contributed by atoms with Gasteiger partial charge >= 0.3 is 11.9 Å². The van der Waals surface area contributed by atoms with E-state index < -0.39 is 11.9 Å². The van der Waals surface area contributed by atoms with Crippen LogP contribution in [0.4, 0.5) is 0 Å². The molecule has 2 aromatic rings. The molecule has 4 heteroatoms. The van der Waals surface area contributed by atoms with E-state index in [9.17, 15) is 9.59 Å². The van der Waals surface area contributed by atoms with Gasteiger partial charge in [-0.25, -0.2) is 4.79 Å². The first-order valence-electron chi connectivity index (χ1n) is 6.14. The van der Waals surface area contributed by atoms with Crippen molar-refractivity contribution in [1.29, 1.82) is 0 Å². The van der Waals surface area contributed by atoms with Crippen LogP contribution in [0.3, 0.4) is 0 Å². The highest BCUT2D eigenvalue weighted by atomic mass is 16.5. The van der Waals surface area contributed by atoms with Gasteiger partial charge in [-0.3, -0.25) is 4.79 Å². The van der Waals surface area contributed by atoms with Crippen LogP contribution in [0.15, 0.2) is 54.6 Å². The summed E-state index contributed by atoms with van der Waals surface area (Å²) in [6, 6.07) is 15.7. The first-order valence-corrected chi connectivity index (χ1v) is 6.14. The summed E-state index contributed by atoms with van der Waals surface area (Å²) in [5.41, 5.74) is 1.26. The van der Waals surface area contributed by atoms with Crippen LogP contribution in [0.25, 0.3) is 0 Å². The van der Waals surface area contributed by atoms with E-state index in [1.165, 1.54) is 13.0 Å². The van der Waals surface area contributed by atoms with Crippen molar-refractivity contribution in [3.8, 4) is 5.75 Å². The van der Waals surface area contributed by atoms with Crippen LogP contribution in [0.5, 0.6) is 5.75 Å². The van der Waals surface area contributed by atoms with Crippen molar-refractivity contribution in [3.05, 3.63) is 65.7 Å². The Kier molecular flexibility index (Phi) is 4.50. The second-order valence-electron chi connectivity index (χ2n) is 4.18. The number of benzene rings is 2. The molecule has 0 heterocycles. The van der Waals surface area contributed by atoms with Crippen molar-refractivity contribution in [1.82, 2.24) is 0 Å². The zero-order valence-corrected chi connectivity index (χ0v) is 11.0. The van der Waals surface area contributed by atoms with Crippen LogP contribution in [0, 0.1) is 0 Å². The third-order valence-electron chi connectivity index (χ3n) is 2.54. The third-order valence-corrected chi connectivity index (χ3v) is 2.54. The Balaban J connectivity index is 2.00. The van der Waals surface area contributed by atoms with Crippen LogP contribution in [0.2, 0.25) is 0 Å². The molecule has 2 rings (SSSR count). The van der Waals surface area contributed by atoms with Gasteiger partial charge in [0.15, 0.2) is 0 Å². The van der Waals surface area contributed by atoms with Crippen molar-refractivity contribution in [2.45, 2.75) is 13.5 Å². The molecule has 0 N–H and O–H groups in total. The Labute approximate surface area is 116 Å². The summed E-state index contributed by atoms with van der Waals surface area (Å²) in [6.07, 6.45) is 0. The molecule has 0 unspecified atom stereocenters. The molecule has 0 aliphatic rings. The largest absolute Gasteiger partial charge is 0.457 e. The van der Waals surface area contributed by atoms with Crippen LogP contribution in [-0.4, -0.2) is 11.9 Å². The predicted molar refractivity (Wildman–Crippen MR) is 73.3 cm³/mol. The highest BCUT2D eigenvalue weighted by molar-refractivity contribution is 5.90. The van der Waals surface area contributed by atoms with Crippen molar-refractivity contribution in [2.75, 3.05) is 0 Å². The molecule has 20 heavy (non-hydrogen) atoms. The van der Waals surface area contributed by atoms with Gasteiger partial charge in [0, 0.05) is 6.92 Å². The monoisotopic (exact) mass is 270 g/mol. The molecule has 0 saturated carbocycles. The topological polar surface area (TPSA) is 52.6 Å². The maximum atomic E-state index is 11.9. The van der Waals surface area contributed by atoms with Gasteiger partial charge in [0.2, 0.25) is 0 Å². The van der Waals surface area contributed by atoms with Gasteiger partial charge in [0.25, 0.3) is 0 Å². The Morgan fingerprint density at radius 1 is 1.00 bits per heavy atom. The summed E-state index contributed by atoms with van der Waals surface area (Å²) in [6.45, 7) is 1.51. The van der Waals surface area contributed by atoms with Crippen LogP contribution < -0.4 is 4.74 Å². The molecule has 0 atom stereocenters. The minimum absolute atomic E-state index is 0.206. The summed E-state index contributed by atoms with van der Waals surface area (Å²) < 4.78 is 10.1. The second-order valence-corrected chi connectivity index (χ2v) is 4.18. The van der Waals surface area contributed by atoms with Gasteiger partial charge < -0.3 is 9.47 Å². The van der Waals surface area contributed by atoms with Crippen molar-refractivity contribution in [3.63, 3.8) is 0 Å². The average molecular weight is 270 g/mol. The summed E-state index contributed by atoms with van der Waals surface area (Å²) in [4.78, 5) is 22.8. The SMILES string of the molecule is CC(=O)Oc1cccc(C(=O)OCc2ccccc2)c1. The van der Waals surface area contributed by atoms with E-state index >= 15 is 0 Å². The fourth-order valence-corrected chi connectivity index (χ4v) is 1.66. The summed E-state index contributed by atoms with van der Waals surface area (Å²) in [5, 5.41) is 0. The standard InChI is InChI=1S/C16H14O4/c1-12(17)20-15-9-5-8-14(10-15)16(18)19-11-13-6-3-2-4-7-13/h2-10H,11H2,1H3. The molecule has 0 fully saturated rings. The van der Waals surface area contributed by atoms with Gasteiger partial charge in [-0.15, -0.1) is 0 Å². The van der Waals surface area contributed by atoms with E-state index in [-0.39, 0.29) is 6.61 Å². The summed E-state index contributed by atoms with van der Waals surface area (Å²) in [7, 11) is 0. The number of rotatable bonds is 4. The van der Waals surface area contributed by atoms with Crippen LogP contribution in [0.1, 0.15) is 22.8 Å². The van der Waals surface area contributed by atoms with E-state index in [0.717, 1.165) is 5.56 Å². The lowest BCUT2D eigenvalue weighted by atomic mass is 10.2. The number of carbonyl (C=O) groups is 2. The zero-order valence-electron chi connectivity index (χ0n) is 11.0. The second kappa shape index (κ2) is 6.52. The van der Waals surface area contributed by atoms with E-state index in [1.807, 2.05) is 30.3 Å². The van der Waals surface area contributed by atoms with Crippen molar-refractivity contribution in [2.24, 2.45) is 0 Å². The fraction of sp³-hybridized carbons (Fsp3) is 0.125. The highest BCUT2D eigenvalue weighted by Crippen LogP contribution is 2.15. The predicted octanol–water partition coefficient (Wildman–Crippen LogP) is 2.97. The molecular formula is C16H14O4. The first-order chi connectivity index (χ1) is 9.65. The minimum atomic E-state index is -0.456. The minimum Gasteiger partial charge on any atom is -0.457 e. The van der Waals surface area contributed by atoms with E-state index in [1.54, 1.807) is 18.2 Å². The number of hydrogen-bond donors (Lipinski definition) is 0. The molecule has 0 amide bonds. The van der Waals surface area contributed by atoms with Crippen molar-refractivity contribution < 1.29 is 19.1 Å². The van der Waals surface area contributed by atoms with Crippen LogP contribution >= 0.6 is 0 Å². The zero-order chi connectivity index (χ0) is 14.4. The lowest BCUT2D eigenvalue weighted by Gasteiger charge is -2.06. The van der Waals surface area contributed by atoms with Gasteiger partial charge in [-0.2, -0.15) is 0 Å². The number of hydrogen-bond acceptors (Lipinski definition) is 4. The van der Waals surface area contributed by atoms with Gasteiger partial charge in [-0.1, -0.05) is 36.4 Å². The highest BCUT2D eigenvalue weighted by Gasteiger charge is 2.09. The lowest BCUT2D eigenvalue weighted by molar-refractivity contribution is -0.131. The molecular weight excluding hydrogens is 256 g/mol. The van der Waals surface area contributed by atoms with E-state index in [4.69, 9.17) is 9.47 Å². The van der Waals surface area contributed by atoms with Gasteiger partial charge in [-0.05, 0) is 23.8 Å². The molecule has 4 nitrogen and oxygen atoms in total. The van der Waals surface area contributed by atoms with Crippen LogP contribution in [-0.2, 0) is 16.1 Å². The fourth-order valence-electron chi connectivity index (χ4n) is 1.66. The molecule has 102 valence electrons. The molecule has 0 spiro atoms. The molecule has 0 saturated heterocycles. The maximum Gasteiger partial charge on any atom is 0.338 e. The number of carbonyl (C=O) groups excluding carboxylic acids is 2. The first kappa shape index (κ1) is 13.8. The number of ether oxygens (including phenoxy) is 2. The van der Waals surface area contributed by atoms with Gasteiger partial charge in [0.1, 0.15) is 12.4 Å². The summed E-state index contributed by atoms with van der Waals surface area (Å²) >= 11 is 0. The Morgan fingerprint density at radius 2 is 1.75 bits per heavy atom. The normalized spacial score (nSPS) is 9.85. The number of esters is 2. The quantitative estimate of drug-likeness (QED) is 0.633. The molecule has 0 aliphatic heterocycles. The Bertz CT molecular complexity index is 605. The smallest absolute Gasteiger partial charge is 0.338 e. The van der Waals surface area contributed by atoms with E-state index in [0.29, 0.717) is 11.3 Å². The van der Waals surface area contributed by atoms with Crippen molar-refractivity contribution >= 4 is 11.9 Å². The maximum absolute atomic E-state index is 11.9. The molecule has 0 radical (unpaired) electrons. The Hall–Kier alpha value is -2.62. The van der Waals surface area contributed by atoms with E-state index in [2.05, 4.69) is 0 Å². The Morgan fingerprint density at radius 3 is 2.45 bits per heavy atom. The molecule has 0 aromatic heterocycles. The molecule has 0 bridgehead atoms. The lowest BCUT2D eigenvalue weighted by Crippen LogP contribution is -2.06.